The summed E-state index contributed by atoms with van der Waals surface area (Å²) < 4.78 is 0. The van der Waals surface area contributed by atoms with Gasteiger partial charge in [0, 0.05) is 6.54 Å². The van der Waals surface area contributed by atoms with Crippen LogP contribution in [0.25, 0.3) is 0 Å². The molecule has 0 spiro atoms. The van der Waals surface area contributed by atoms with Gasteiger partial charge < -0.3 is 10.4 Å². The summed E-state index contributed by atoms with van der Waals surface area (Å²) in [5.74, 6) is 0. The van der Waals surface area contributed by atoms with Gasteiger partial charge in [0.2, 0.25) is 6.41 Å². The van der Waals surface area contributed by atoms with Crippen molar-refractivity contribution >= 4 is 6.41 Å². The predicted octanol–water partition coefficient (Wildman–Crippen LogP) is -0.00310. The van der Waals surface area contributed by atoms with E-state index in [0.717, 1.165) is 0 Å². The largest absolute Gasteiger partial charge is 0.395 e. The molecule has 0 atom stereocenters. The van der Waals surface area contributed by atoms with Crippen molar-refractivity contribution in [3.05, 3.63) is 0 Å². The number of carbonyl (C=O) groups is 1. The molecule has 52 valence electrons. The Kier molecular flexibility index (Phi) is 31.5. The molecule has 0 unspecified atom stereocenters. The molecule has 1 amide bonds. The highest BCUT2D eigenvalue weighted by atomic mass is 16.3. The van der Waals surface area contributed by atoms with Gasteiger partial charge in [0.25, 0.3) is 0 Å². The fourth-order valence-corrected chi connectivity index (χ4v) is 0.123. The van der Waals surface area contributed by atoms with Crippen molar-refractivity contribution in [2.75, 3.05) is 13.2 Å². The van der Waals surface area contributed by atoms with Crippen LogP contribution in [0.15, 0.2) is 0 Å². The zero-order valence-electron chi connectivity index (χ0n) is 3.35. The Morgan fingerprint density at radius 2 is 2.00 bits per heavy atom. The van der Waals surface area contributed by atoms with Crippen LogP contribution >= 0.6 is 0 Å². The van der Waals surface area contributed by atoms with Crippen molar-refractivity contribution in [3.8, 4) is 0 Å². The summed E-state index contributed by atoms with van der Waals surface area (Å²) in [6.07, 6.45) is 0.552. The van der Waals surface area contributed by atoms with E-state index in [4.69, 9.17) is 5.11 Å². The molecule has 0 heterocycles. The van der Waals surface area contributed by atoms with E-state index in [9.17, 15) is 4.79 Å². The second kappa shape index (κ2) is 16.1. The molecule has 3 heteroatoms. The molecule has 0 saturated carbocycles. The van der Waals surface area contributed by atoms with Gasteiger partial charge in [0.1, 0.15) is 0 Å². The van der Waals surface area contributed by atoms with Gasteiger partial charge in [-0.2, -0.15) is 0 Å². The normalized spacial score (nSPS) is 5.62. The van der Waals surface area contributed by atoms with Crippen LogP contribution < -0.4 is 5.32 Å². The lowest BCUT2D eigenvalue weighted by atomic mass is 10.7. The Bertz CT molecular complexity index is 39.4. The summed E-state index contributed by atoms with van der Waals surface area (Å²) in [7, 11) is 0. The van der Waals surface area contributed by atoms with Crippen molar-refractivity contribution in [1.82, 2.24) is 5.32 Å². The van der Waals surface area contributed by atoms with Gasteiger partial charge in [-0.1, -0.05) is 14.9 Å². The first-order valence-electron chi connectivity index (χ1n) is 1.69. The molecule has 0 aliphatic heterocycles. The fraction of sp³-hybridized carbons (Fsp3) is 0.800. The van der Waals surface area contributed by atoms with Crippen LogP contribution in [-0.2, 0) is 4.79 Å². The zero-order valence-corrected chi connectivity index (χ0v) is 3.35. The maximum absolute atomic E-state index is 9.34. The Balaban J connectivity index is -0.000000125. The van der Waals surface area contributed by atoms with Gasteiger partial charge in [0.15, 0.2) is 0 Å². The van der Waals surface area contributed by atoms with Gasteiger partial charge in [-0.15, -0.1) is 0 Å². The predicted molar refractivity (Wildman–Crippen MR) is 34.6 cm³/mol. The highest BCUT2D eigenvalue weighted by molar-refractivity contribution is 5.45. The molecule has 0 saturated heterocycles. The minimum absolute atomic E-state index is 0. The standard InChI is InChI=1S/C3H7NO2.2CH4/c5-2-1-4-3-6;;/h3,5H,1-2H2,(H,4,6);2*1H4. The van der Waals surface area contributed by atoms with E-state index in [0.29, 0.717) is 13.0 Å². The van der Waals surface area contributed by atoms with Gasteiger partial charge >= 0.3 is 0 Å². The van der Waals surface area contributed by atoms with Gasteiger partial charge in [0.05, 0.1) is 6.61 Å². The first-order valence-corrected chi connectivity index (χ1v) is 1.69. The monoisotopic (exact) mass is 121 g/mol. The summed E-state index contributed by atoms with van der Waals surface area (Å²) in [4.78, 5) is 9.34. The lowest BCUT2D eigenvalue weighted by Crippen LogP contribution is -2.14. The number of nitrogens with one attached hydrogen (secondary N) is 1. The molecule has 0 rings (SSSR count). The SMILES string of the molecule is C.C.O=CNCCO. The molecule has 0 aliphatic rings. The number of rotatable bonds is 3. The Morgan fingerprint density at radius 1 is 1.50 bits per heavy atom. The smallest absolute Gasteiger partial charge is 0.207 e. The molecule has 0 radical (unpaired) electrons. The average Bonchev–Trinajstić information content (AvgIpc) is 1.61. The van der Waals surface area contributed by atoms with E-state index in [2.05, 4.69) is 5.32 Å². The number of hydrogen-bond acceptors (Lipinski definition) is 2. The quantitative estimate of drug-likeness (QED) is 0.408. The molecule has 0 bridgehead atoms. The van der Waals surface area contributed by atoms with Gasteiger partial charge in [-0.05, 0) is 0 Å². The third kappa shape index (κ3) is 18.0. The Morgan fingerprint density at radius 3 is 2.12 bits per heavy atom. The Labute approximate surface area is 50.7 Å². The molecular formula is C5H15NO2. The van der Waals surface area contributed by atoms with Crippen molar-refractivity contribution in [3.63, 3.8) is 0 Å². The maximum atomic E-state index is 9.34. The van der Waals surface area contributed by atoms with Crippen LogP contribution in [0, 0.1) is 0 Å². The molecule has 3 nitrogen and oxygen atoms in total. The summed E-state index contributed by atoms with van der Waals surface area (Å²) in [5, 5.41) is 10.2. The molecule has 0 fully saturated rings. The second-order valence-corrected chi connectivity index (χ2v) is 0.796. The van der Waals surface area contributed by atoms with Crippen molar-refractivity contribution in [1.29, 1.82) is 0 Å². The highest BCUT2D eigenvalue weighted by Crippen LogP contribution is 1.44. The third-order valence-corrected chi connectivity index (χ3v) is 0.339. The molecule has 0 aliphatic carbocycles. The van der Waals surface area contributed by atoms with E-state index in [1.54, 1.807) is 0 Å². The number of carbonyl (C=O) groups excluding carboxylic acids is 1. The van der Waals surface area contributed by atoms with Crippen LogP contribution in [0.4, 0.5) is 0 Å². The van der Waals surface area contributed by atoms with Crippen molar-refractivity contribution in [2.45, 2.75) is 14.9 Å². The van der Waals surface area contributed by atoms with E-state index >= 15 is 0 Å². The number of hydrogen-bond donors (Lipinski definition) is 2. The lowest BCUT2D eigenvalue weighted by Gasteiger charge is -1.85. The molecule has 0 aromatic carbocycles. The molecule has 8 heavy (non-hydrogen) atoms. The molecule has 0 aromatic rings. The molecule has 0 aromatic heterocycles. The van der Waals surface area contributed by atoms with E-state index in [1.165, 1.54) is 0 Å². The summed E-state index contributed by atoms with van der Waals surface area (Å²) in [5.41, 5.74) is 0. The van der Waals surface area contributed by atoms with Crippen molar-refractivity contribution < 1.29 is 9.90 Å². The Hall–Kier alpha value is -0.570. The van der Waals surface area contributed by atoms with Crippen LogP contribution in [0.3, 0.4) is 0 Å². The van der Waals surface area contributed by atoms with Crippen LogP contribution in [0.1, 0.15) is 14.9 Å². The number of aliphatic hydroxyl groups is 1. The summed E-state index contributed by atoms with van der Waals surface area (Å²) in [6.45, 7) is 0.363. The lowest BCUT2D eigenvalue weighted by molar-refractivity contribution is -0.109. The zero-order chi connectivity index (χ0) is 4.83. The summed E-state index contributed by atoms with van der Waals surface area (Å²) >= 11 is 0. The van der Waals surface area contributed by atoms with Crippen molar-refractivity contribution in [2.24, 2.45) is 0 Å². The first-order chi connectivity index (χ1) is 2.91. The van der Waals surface area contributed by atoms with E-state index in [1.807, 2.05) is 0 Å². The van der Waals surface area contributed by atoms with Gasteiger partial charge in [-0.25, -0.2) is 0 Å². The number of amides is 1. The topological polar surface area (TPSA) is 49.3 Å². The minimum Gasteiger partial charge on any atom is -0.395 e. The van der Waals surface area contributed by atoms with Gasteiger partial charge in [-0.3, -0.25) is 4.79 Å². The van der Waals surface area contributed by atoms with Crippen LogP contribution in [0.5, 0.6) is 0 Å². The molecular weight excluding hydrogens is 106 g/mol. The summed E-state index contributed by atoms with van der Waals surface area (Å²) in [6, 6.07) is 0. The number of aliphatic hydroxyl groups excluding tert-OH is 1. The van der Waals surface area contributed by atoms with Crippen LogP contribution in [-0.4, -0.2) is 24.7 Å². The second-order valence-electron chi connectivity index (χ2n) is 0.796. The van der Waals surface area contributed by atoms with Crippen LogP contribution in [0.2, 0.25) is 0 Å². The van der Waals surface area contributed by atoms with E-state index < -0.39 is 0 Å². The average molecular weight is 121 g/mol. The fourth-order valence-electron chi connectivity index (χ4n) is 0.123. The minimum atomic E-state index is 0. The molecule has 2 N–H and O–H groups in total. The van der Waals surface area contributed by atoms with E-state index in [-0.39, 0.29) is 21.5 Å². The third-order valence-electron chi connectivity index (χ3n) is 0.339. The maximum Gasteiger partial charge on any atom is 0.207 e. The first kappa shape index (κ1) is 15.7. The highest BCUT2D eigenvalue weighted by Gasteiger charge is 1.70.